The Morgan fingerprint density at radius 3 is 2.63 bits per heavy atom. The maximum Gasteiger partial charge on any atom is 0.358 e. The molecule has 2 aromatic carbocycles. The number of rotatable bonds is 5. The van der Waals surface area contributed by atoms with Crippen LogP contribution in [-0.2, 0) is 4.74 Å². The first-order valence-electron chi connectivity index (χ1n) is 8.31. The number of Topliss-reactive ketones (excluding diaryl/α,β-unsaturated/α-hetero) is 1. The largest absolute Gasteiger partial charge is 0.486 e. The summed E-state index contributed by atoms with van der Waals surface area (Å²) in [5.74, 6) is 0.175. The summed E-state index contributed by atoms with van der Waals surface area (Å²) in [6.45, 7) is 0.556. The number of benzene rings is 2. The number of hydrogen-bond acceptors (Lipinski definition) is 7. The van der Waals surface area contributed by atoms with E-state index in [4.69, 9.17) is 14.2 Å². The average Bonchev–Trinajstić information content (AvgIpc) is 3.22. The van der Waals surface area contributed by atoms with Crippen molar-refractivity contribution in [2.24, 2.45) is 0 Å². The molecule has 3 aromatic rings. The molecule has 1 aliphatic heterocycles. The number of hydrogen-bond donors (Lipinski definition) is 0. The molecule has 0 radical (unpaired) electrons. The van der Waals surface area contributed by atoms with Crippen LogP contribution in [-0.4, -0.2) is 36.6 Å². The van der Waals surface area contributed by atoms with Crippen LogP contribution in [0.15, 0.2) is 53.9 Å². The standard InChI is InChI=1S/C20H15NO5S/c22-16(14-6-7-17-18(10-14)25-9-8-24-17)11-26-20(23)15-12-27-19(21-15)13-4-2-1-3-5-13/h1-7,10,12H,8-9,11H2. The second-order valence-corrected chi connectivity index (χ2v) is 6.62. The molecule has 27 heavy (non-hydrogen) atoms. The Morgan fingerprint density at radius 2 is 1.81 bits per heavy atom. The molecule has 1 aliphatic rings. The summed E-state index contributed by atoms with van der Waals surface area (Å²) in [5.41, 5.74) is 1.51. The molecule has 0 amide bonds. The SMILES string of the molecule is O=C(COC(=O)c1csc(-c2ccccc2)n1)c1ccc2c(c1)OCCO2. The minimum absolute atomic E-state index is 0.189. The van der Waals surface area contributed by atoms with E-state index in [9.17, 15) is 9.59 Å². The summed E-state index contributed by atoms with van der Waals surface area (Å²) in [4.78, 5) is 28.8. The maximum absolute atomic E-state index is 12.3. The molecule has 1 aromatic heterocycles. The highest BCUT2D eigenvalue weighted by molar-refractivity contribution is 7.13. The number of carbonyl (C=O) groups is 2. The number of nitrogens with zero attached hydrogens (tertiary/aromatic N) is 1. The number of aromatic nitrogens is 1. The van der Waals surface area contributed by atoms with Crippen LogP contribution in [0.25, 0.3) is 10.6 Å². The quantitative estimate of drug-likeness (QED) is 0.496. The van der Waals surface area contributed by atoms with Crippen molar-refractivity contribution >= 4 is 23.1 Å². The zero-order valence-electron chi connectivity index (χ0n) is 14.2. The molecule has 0 spiro atoms. The van der Waals surface area contributed by atoms with Crippen molar-refractivity contribution < 1.29 is 23.8 Å². The number of ether oxygens (including phenoxy) is 3. The number of thiazole rings is 1. The highest BCUT2D eigenvalue weighted by Crippen LogP contribution is 2.31. The van der Waals surface area contributed by atoms with Crippen molar-refractivity contribution in [1.29, 1.82) is 0 Å². The lowest BCUT2D eigenvalue weighted by Crippen LogP contribution is -2.17. The van der Waals surface area contributed by atoms with Crippen LogP contribution >= 0.6 is 11.3 Å². The lowest BCUT2D eigenvalue weighted by Gasteiger charge is -2.18. The molecule has 0 N–H and O–H groups in total. The lowest BCUT2D eigenvalue weighted by atomic mass is 10.1. The number of fused-ring (bicyclic) bond motifs is 1. The summed E-state index contributed by atoms with van der Waals surface area (Å²) in [6, 6.07) is 14.5. The topological polar surface area (TPSA) is 74.7 Å². The van der Waals surface area contributed by atoms with Crippen LogP contribution in [0.4, 0.5) is 0 Å². The van der Waals surface area contributed by atoms with Gasteiger partial charge in [0.15, 0.2) is 29.6 Å². The monoisotopic (exact) mass is 381 g/mol. The third-order valence-corrected chi connectivity index (χ3v) is 4.82. The van der Waals surface area contributed by atoms with Gasteiger partial charge in [0, 0.05) is 16.5 Å². The molecule has 0 unspecified atom stereocenters. The first kappa shape index (κ1) is 17.2. The Kier molecular flexibility index (Phi) is 4.84. The van der Waals surface area contributed by atoms with Crippen LogP contribution in [0, 0.1) is 0 Å². The van der Waals surface area contributed by atoms with Gasteiger partial charge < -0.3 is 14.2 Å². The van der Waals surface area contributed by atoms with Crippen molar-refractivity contribution in [2.45, 2.75) is 0 Å². The molecule has 136 valence electrons. The van der Waals surface area contributed by atoms with E-state index in [1.54, 1.807) is 23.6 Å². The zero-order chi connectivity index (χ0) is 18.6. The molecule has 0 bridgehead atoms. The van der Waals surface area contributed by atoms with Crippen molar-refractivity contribution in [3.63, 3.8) is 0 Å². The van der Waals surface area contributed by atoms with Gasteiger partial charge in [-0.2, -0.15) is 0 Å². The van der Waals surface area contributed by atoms with Crippen molar-refractivity contribution in [3.05, 3.63) is 65.2 Å². The normalized spacial score (nSPS) is 12.4. The third kappa shape index (κ3) is 3.83. The molecule has 0 fully saturated rings. The summed E-state index contributed by atoms with van der Waals surface area (Å²) >= 11 is 1.35. The summed E-state index contributed by atoms with van der Waals surface area (Å²) in [5, 5.41) is 2.35. The second kappa shape index (κ2) is 7.59. The van der Waals surface area contributed by atoms with E-state index in [1.807, 2.05) is 30.3 Å². The van der Waals surface area contributed by atoms with Gasteiger partial charge in [-0.25, -0.2) is 9.78 Å². The smallest absolute Gasteiger partial charge is 0.358 e. The van der Waals surface area contributed by atoms with E-state index in [0.29, 0.717) is 30.3 Å². The highest BCUT2D eigenvalue weighted by atomic mass is 32.1. The van der Waals surface area contributed by atoms with E-state index in [1.165, 1.54) is 11.3 Å². The molecule has 0 atom stereocenters. The fourth-order valence-electron chi connectivity index (χ4n) is 2.59. The van der Waals surface area contributed by atoms with Gasteiger partial charge in [0.2, 0.25) is 0 Å². The molecular weight excluding hydrogens is 366 g/mol. The second-order valence-electron chi connectivity index (χ2n) is 5.76. The van der Waals surface area contributed by atoms with Gasteiger partial charge in [-0.05, 0) is 18.2 Å². The van der Waals surface area contributed by atoms with Crippen molar-refractivity contribution in [1.82, 2.24) is 4.98 Å². The fourth-order valence-corrected chi connectivity index (χ4v) is 3.38. The maximum atomic E-state index is 12.3. The Labute approximate surface area is 159 Å². The molecule has 0 aliphatic carbocycles. The van der Waals surface area contributed by atoms with Gasteiger partial charge in [-0.3, -0.25) is 4.79 Å². The number of esters is 1. The highest BCUT2D eigenvalue weighted by Gasteiger charge is 2.18. The first-order chi connectivity index (χ1) is 13.2. The molecule has 4 rings (SSSR count). The summed E-state index contributed by atoms with van der Waals surface area (Å²) in [7, 11) is 0. The minimum Gasteiger partial charge on any atom is -0.486 e. The van der Waals surface area contributed by atoms with Gasteiger partial charge in [-0.1, -0.05) is 30.3 Å². The predicted octanol–water partition coefficient (Wildman–Crippen LogP) is 3.62. The fraction of sp³-hybridized carbons (Fsp3) is 0.150. The van der Waals surface area contributed by atoms with E-state index in [0.717, 1.165) is 10.6 Å². The minimum atomic E-state index is -0.626. The molecule has 2 heterocycles. The van der Waals surface area contributed by atoms with Gasteiger partial charge in [0.05, 0.1) is 0 Å². The van der Waals surface area contributed by atoms with Crippen LogP contribution in [0.5, 0.6) is 11.5 Å². The molecular formula is C20H15NO5S. The van der Waals surface area contributed by atoms with Gasteiger partial charge in [-0.15, -0.1) is 11.3 Å². The van der Waals surface area contributed by atoms with E-state index in [2.05, 4.69) is 4.98 Å². The zero-order valence-corrected chi connectivity index (χ0v) is 15.0. The van der Waals surface area contributed by atoms with Crippen LogP contribution in [0.2, 0.25) is 0 Å². The Hall–Kier alpha value is -3.19. The summed E-state index contributed by atoms with van der Waals surface area (Å²) in [6.07, 6.45) is 0. The molecule has 0 saturated carbocycles. The van der Waals surface area contributed by atoms with E-state index < -0.39 is 5.97 Å². The lowest BCUT2D eigenvalue weighted by molar-refractivity contribution is 0.0469. The van der Waals surface area contributed by atoms with Crippen LogP contribution < -0.4 is 9.47 Å². The Balaban J connectivity index is 1.39. The Morgan fingerprint density at radius 1 is 1.04 bits per heavy atom. The van der Waals surface area contributed by atoms with Crippen LogP contribution in [0.1, 0.15) is 20.8 Å². The molecule has 7 heteroatoms. The number of carbonyl (C=O) groups excluding carboxylic acids is 2. The van der Waals surface area contributed by atoms with E-state index >= 15 is 0 Å². The van der Waals surface area contributed by atoms with Crippen molar-refractivity contribution in [2.75, 3.05) is 19.8 Å². The predicted molar refractivity (Wildman–Crippen MR) is 99.6 cm³/mol. The van der Waals surface area contributed by atoms with Crippen LogP contribution in [0.3, 0.4) is 0 Å². The van der Waals surface area contributed by atoms with Gasteiger partial charge >= 0.3 is 5.97 Å². The van der Waals surface area contributed by atoms with E-state index in [-0.39, 0.29) is 18.1 Å². The average molecular weight is 381 g/mol. The van der Waals surface area contributed by atoms with Gasteiger partial charge in [0.25, 0.3) is 0 Å². The molecule has 0 saturated heterocycles. The van der Waals surface area contributed by atoms with Crippen molar-refractivity contribution in [3.8, 4) is 22.1 Å². The third-order valence-electron chi connectivity index (χ3n) is 3.93. The van der Waals surface area contributed by atoms with Gasteiger partial charge in [0.1, 0.15) is 18.2 Å². The number of ketones is 1. The molecule has 6 nitrogen and oxygen atoms in total. The Bertz CT molecular complexity index is 983. The summed E-state index contributed by atoms with van der Waals surface area (Å²) < 4.78 is 16.0. The first-order valence-corrected chi connectivity index (χ1v) is 9.19.